The molecule has 2 N–H and O–H groups in total. The maximum atomic E-state index is 12.1. The van der Waals surface area contributed by atoms with Crippen molar-refractivity contribution in [3.05, 3.63) is 29.8 Å². The lowest BCUT2D eigenvalue weighted by Gasteiger charge is -2.19. The number of amides is 1. The third kappa shape index (κ3) is 6.17. The van der Waals surface area contributed by atoms with Gasteiger partial charge in [-0.15, -0.1) is 0 Å². The summed E-state index contributed by atoms with van der Waals surface area (Å²) in [4.78, 5) is 12.1. The third-order valence-corrected chi connectivity index (χ3v) is 3.44. The van der Waals surface area contributed by atoms with Gasteiger partial charge in [-0.25, -0.2) is 0 Å². The Labute approximate surface area is 127 Å². The fourth-order valence-electron chi connectivity index (χ4n) is 1.97. The summed E-state index contributed by atoms with van der Waals surface area (Å²) in [6, 6.07) is 7.67. The Morgan fingerprint density at radius 3 is 2.67 bits per heavy atom. The van der Waals surface area contributed by atoms with Crippen molar-refractivity contribution in [3.63, 3.8) is 0 Å². The number of carbonyl (C=O) groups excluding carboxylic acids is 1. The molecule has 4 heteroatoms. The van der Waals surface area contributed by atoms with E-state index in [2.05, 4.69) is 5.32 Å². The lowest BCUT2D eigenvalue weighted by Crippen LogP contribution is -2.39. The molecule has 118 valence electrons. The van der Waals surface area contributed by atoms with Crippen LogP contribution in [0.3, 0.4) is 0 Å². The lowest BCUT2D eigenvalue weighted by atomic mass is 10.0. The Kier molecular flexibility index (Phi) is 7.23. The van der Waals surface area contributed by atoms with Gasteiger partial charge in [0.15, 0.2) is 6.10 Å². The highest BCUT2D eigenvalue weighted by molar-refractivity contribution is 5.81. The van der Waals surface area contributed by atoms with E-state index in [4.69, 9.17) is 4.74 Å². The van der Waals surface area contributed by atoms with Crippen LogP contribution in [0.25, 0.3) is 0 Å². The monoisotopic (exact) mass is 293 g/mol. The second-order valence-electron chi connectivity index (χ2n) is 5.72. The van der Waals surface area contributed by atoms with Crippen LogP contribution in [0.5, 0.6) is 5.75 Å². The highest BCUT2D eigenvalue weighted by Gasteiger charge is 2.18. The molecule has 0 radical (unpaired) electrons. The molecule has 0 saturated carbocycles. The summed E-state index contributed by atoms with van der Waals surface area (Å²) < 4.78 is 5.74. The number of benzene rings is 1. The van der Waals surface area contributed by atoms with Crippen LogP contribution in [0, 0.1) is 12.8 Å². The largest absolute Gasteiger partial charge is 0.481 e. The number of aliphatic hydroxyl groups is 1. The smallest absolute Gasteiger partial charge is 0.261 e. The molecule has 1 aromatic rings. The summed E-state index contributed by atoms with van der Waals surface area (Å²) in [6.45, 7) is 8.29. The van der Waals surface area contributed by atoms with Crippen LogP contribution in [0.15, 0.2) is 24.3 Å². The number of hydrogen-bond acceptors (Lipinski definition) is 3. The normalized spacial score (nSPS) is 13.8. The first-order chi connectivity index (χ1) is 9.93. The van der Waals surface area contributed by atoms with E-state index in [1.54, 1.807) is 0 Å². The van der Waals surface area contributed by atoms with Crippen molar-refractivity contribution in [2.24, 2.45) is 5.92 Å². The fourth-order valence-corrected chi connectivity index (χ4v) is 1.97. The molecule has 0 fully saturated rings. The molecule has 0 spiro atoms. The molecule has 1 amide bonds. The molecule has 0 aliphatic heterocycles. The first-order valence-corrected chi connectivity index (χ1v) is 7.63. The van der Waals surface area contributed by atoms with E-state index in [0.29, 0.717) is 25.1 Å². The molecule has 0 aliphatic rings. The van der Waals surface area contributed by atoms with Gasteiger partial charge in [0.05, 0.1) is 6.10 Å². The van der Waals surface area contributed by atoms with E-state index < -0.39 is 6.10 Å². The van der Waals surface area contributed by atoms with Crippen LogP contribution in [0.1, 0.15) is 39.2 Å². The van der Waals surface area contributed by atoms with E-state index in [0.717, 1.165) is 5.56 Å². The van der Waals surface area contributed by atoms with Crippen molar-refractivity contribution < 1.29 is 14.6 Å². The minimum atomic E-state index is -0.497. The van der Waals surface area contributed by atoms with Gasteiger partial charge in [-0.1, -0.05) is 32.9 Å². The van der Waals surface area contributed by atoms with Crippen LogP contribution in [0.4, 0.5) is 0 Å². The summed E-state index contributed by atoms with van der Waals surface area (Å²) in [6.07, 6.45) is 0.280. The number of aryl methyl sites for hydroxylation is 1. The number of carbonyl (C=O) groups is 1. The maximum absolute atomic E-state index is 12.1. The Hall–Kier alpha value is -1.55. The van der Waals surface area contributed by atoms with Gasteiger partial charge in [0.25, 0.3) is 5.91 Å². The first-order valence-electron chi connectivity index (χ1n) is 7.63. The molecule has 0 heterocycles. The van der Waals surface area contributed by atoms with Crippen LogP contribution >= 0.6 is 0 Å². The molecule has 1 aromatic carbocycles. The summed E-state index contributed by atoms with van der Waals surface area (Å²) in [5.41, 5.74) is 1.10. The summed E-state index contributed by atoms with van der Waals surface area (Å²) in [7, 11) is 0. The average molecular weight is 293 g/mol. The van der Waals surface area contributed by atoms with Crippen molar-refractivity contribution in [3.8, 4) is 5.75 Å². The molecular formula is C17H27NO3. The summed E-state index contributed by atoms with van der Waals surface area (Å²) in [5.74, 6) is 0.779. The molecule has 2 atom stereocenters. The van der Waals surface area contributed by atoms with E-state index >= 15 is 0 Å². The zero-order chi connectivity index (χ0) is 15.8. The molecule has 4 nitrogen and oxygen atoms in total. The third-order valence-electron chi connectivity index (χ3n) is 3.44. The number of nitrogens with one attached hydrogen (secondary N) is 1. The summed E-state index contributed by atoms with van der Waals surface area (Å²) in [5, 5.41) is 12.5. The van der Waals surface area contributed by atoms with Crippen LogP contribution in [0.2, 0.25) is 0 Å². The fraction of sp³-hybridized carbons (Fsp3) is 0.588. The standard InChI is InChI=1S/C17H27NO3/c1-5-16(21-14-8-6-7-13(4)11-14)17(20)18-10-9-15(19)12(2)3/h6-8,11-12,15-16,19H,5,9-10H2,1-4H3,(H,18,20). The Morgan fingerprint density at radius 1 is 1.38 bits per heavy atom. The number of hydrogen-bond donors (Lipinski definition) is 2. The first kappa shape index (κ1) is 17.5. The predicted molar refractivity (Wildman–Crippen MR) is 84.4 cm³/mol. The SMILES string of the molecule is CCC(Oc1cccc(C)c1)C(=O)NCCC(O)C(C)C. The van der Waals surface area contributed by atoms with Gasteiger partial charge in [0.2, 0.25) is 0 Å². The van der Waals surface area contributed by atoms with Crippen LogP contribution in [-0.4, -0.2) is 29.8 Å². The van der Waals surface area contributed by atoms with Gasteiger partial charge < -0.3 is 15.2 Å². The highest BCUT2D eigenvalue weighted by Crippen LogP contribution is 2.15. The van der Waals surface area contributed by atoms with Gasteiger partial charge in [0, 0.05) is 6.54 Å². The van der Waals surface area contributed by atoms with Gasteiger partial charge in [-0.2, -0.15) is 0 Å². The zero-order valence-electron chi connectivity index (χ0n) is 13.4. The topological polar surface area (TPSA) is 58.6 Å². The molecule has 0 aliphatic carbocycles. The zero-order valence-corrected chi connectivity index (χ0v) is 13.4. The molecule has 21 heavy (non-hydrogen) atoms. The van der Waals surface area contributed by atoms with Gasteiger partial charge in [-0.3, -0.25) is 4.79 Å². The van der Waals surface area contributed by atoms with E-state index in [1.807, 2.05) is 52.0 Å². The molecule has 0 aromatic heterocycles. The lowest BCUT2D eigenvalue weighted by molar-refractivity contribution is -0.128. The Balaban J connectivity index is 2.46. The Bertz CT molecular complexity index is 445. The van der Waals surface area contributed by atoms with Gasteiger partial charge in [-0.05, 0) is 43.4 Å². The molecule has 0 saturated heterocycles. The molecule has 0 bridgehead atoms. The predicted octanol–water partition coefficient (Wildman–Crippen LogP) is 2.68. The van der Waals surface area contributed by atoms with Crippen molar-refractivity contribution in [2.45, 2.75) is 52.7 Å². The Morgan fingerprint density at radius 2 is 2.10 bits per heavy atom. The van der Waals surface area contributed by atoms with Crippen LogP contribution < -0.4 is 10.1 Å². The number of aliphatic hydroxyl groups excluding tert-OH is 1. The van der Waals surface area contributed by atoms with Crippen LogP contribution in [-0.2, 0) is 4.79 Å². The molecular weight excluding hydrogens is 266 g/mol. The molecule has 2 unspecified atom stereocenters. The average Bonchev–Trinajstić information content (AvgIpc) is 2.44. The van der Waals surface area contributed by atoms with Gasteiger partial charge >= 0.3 is 0 Å². The van der Waals surface area contributed by atoms with Crippen molar-refractivity contribution in [1.82, 2.24) is 5.32 Å². The minimum Gasteiger partial charge on any atom is -0.481 e. The second-order valence-corrected chi connectivity index (χ2v) is 5.72. The summed E-state index contributed by atoms with van der Waals surface area (Å²) >= 11 is 0. The number of ether oxygens (including phenoxy) is 1. The van der Waals surface area contributed by atoms with E-state index in [1.165, 1.54) is 0 Å². The van der Waals surface area contributed by atoms with Crippen molar-refractivity contribution >= 4 is 5.91 Å². The number of rotatable bonds is 8. The van der Waals surface area contributed by atoms with Crippen molar-refractivity contribution in [2.75, 3.05) is 6.54 Å². The van der Waals surface area contributed by atoms with Crippen molar-refractivity contribution in [1.29, 1.82) is 0 Å². The van der Waals surface area contributed by atoms with E-state index in [-0.39, 0.29) is 17.9 Å². The van der Waals surface area contributed by atoms with Gasteiger partial charge in [0.1, 0.15) is 5.75 Å². The maximum Gasteiger partial charge on any atom is 0.261 e. The highest BCUT2D eigenvalue weighted by atomic mass is 16.5. The van der Waals surface area contributed by atoms with E-state index in [9.17, 15) is 9.90 Å². The second kappa shape index (κ2) is 8.67. The minimum absolute atomic E-state index is 0.130. The molecule has 1 rings (SSSR count). The quantitative estimate of drug-likeness (QED) is 0.774.